The first kappa shape index (κ1) is 11.6. The van der Waals surface area contributed by atoms with Crippen molar-refractivity contribution in [2.75, 3.05) is 18.5 Å². The molecule has 0 bridgehead atoms. The van der Waals surface area contributed by atoms with E-state index in [-0.39, 0.29) is 0 Å². The Morgan fingerprint density at radius 1 is 1.28 bits per heavy atom. The number of ether oxygens (including phenoxy) is 1. The summed E-state index contributed by atoms with van der Waals surface area (Å²) < 4.78 is 5.33. The Labute approximate surface area is 110 Å². The van der Waals surface area contributed by atoms with Gasteiger partial charge in [0.05, 0.1) is 12.6 Å². The van der Waals surface area contributed by atoms with Gasteiger partial charge in [-0.05, 0) is 12.0 Å². The van der Waals surface area contributed by atoms with Gasteiger partial charge in [-0.25, -0.2) is 0 Å². The third-order valence-electron chi connectivity index (χ3n) is 2.92. The molecule has 0 spiro atoms. The first-order valence-electron chi connectivity index (χ1n) is 6.11. The van der Waals surface area contributed by atoms with E-state index in [2.05, 4.69) is 27.6 Å². The van der Waals surface area contributed by atoms with Crippen LogP contribution in [-0.2, 0) is 11.2 Å². The van der Waals surface area contributed by atoms with E-state index in [4.69, 9.17) is 4.74 Å². The Morgan fingerprint density at radius 3 is 2.94 bits per heavy atom. The second kappa shape index (κ2) is 5.46. The molecule has 1 atom stereocenters. The van der Waals surface area contributed by atoms with E-state index in [0.29, 0.717) is 6.04 Å². The van der Waals surface area contributed by atoms with Crippen LogP contribution in [0.4, 0.5) is 5.13 Å². The Balaban J connectivity index is 1.62. The van der Waals surface area contributed by atoms with Crippen molar-refractivity contribution in [1.82, 2.24) is 10.2 Å². The van der Waals surface area contributed by atoms with Crippen LogP contribution in [0.1, 0.15) is 17.0 Å². The first-order valence-corrected chi connectivity index (χ1v) is 6.92. The maximum absolute atomic E-state index is 5.33. The minimum absolute atomic E-state index is 0.391. The smallest absolute Gasteiger partial charge is 0.205 e. The maximum atomic E-state index is 5.33. The fourth-order valence-corrected chi connectivity index (χ4v) is 2.83. The largest absolute Gasteiger partial charge is 0.379 e. The van der Waals surface area contributed by atoms with Crippen LogP contribution in [0, 0.1) is 0 Å². The summed E-state index contributed by atoms with van der Waals surface area (Å²) >= 11 is 1.63. The minimum atomic E-state index is 0.391. The van der Waals surface area contributed by atoms with Gasteiger partial charge in [0.15, 0.2) is 0 Å². The van der Waals surface area contributed by atoms with E-state index in [0.717, 1.165) is 36.2 Å². The number of nitrogens with one attached hydrogen (secondary N) is 1. The lowest BCUT2D eigenvalue weighted by Gasteiger charge is -2.06. The molecule has 0 radical (unpaired) electrons. The van der Waals surface area contributed by atoms with E-state index >= 15 is 0 Å². The number of aromatic nitrogens is 2. The summed E-state index contributed by atoms with van der Waals surface area (Å²) in [6.45, 7) is 1.61. The summed E-state index contributed by atoms with van der Waals surface area (Å²) in [6.07, 6.45) is 1.90. The number of rotatable bonds is 4. The van der Waals surface area contributed by atoms with Crippen molar-refractivity contribution in [1.29, 1.82) is 0 Å². The molecule has 1 aromatic carbocycles. The van der Waals surface area contributed by atoms with Crippen molar-refractivity contribution in [2.45, 2.75) is 18.9 Å². The Hall–Kier alpha value is -1.46. The van der Waals surface area contributed by atoms with Crippen molar-refractivity contribution < 1.29 is 4.74 Å². The standard InChI is InChI=1S/C13H15N3OS/c1-2-4-10(5-3-1)8-12-15-16-13(18-12)14-11-6-7-17-9-11/h1-5,11H,6-9H2,(H,14,16). The van der Waals surface area contributed by atoms with Crippen LogP contribution in [0.25, 0.3) is 0 Å². The highest BCUT2D eigenvalue weighted by atomic mass is 32.1. The van der Waals surface area contributed by atoms with Gasteiger partial charge in [0, 0.05) is 13.0 Å². The van der Waals surface area contributed by atoms with E-state index in [1.807, 2.05) is 18.2 Å². The first-order chi connectivity index (χ1) is 8.90. The molecule has 18 heavy (non-hydrogen) atoms. The van der Waals surface area contributed by atoms with Crippen LogP contribution in [0.3, 0.4) is 0 Å². The summed E-state index contributed by atoms with van der Waals surface area (Å²) in [5.74, 6) is 0. The number of anilines is 1. The molecule has 1 aliphatic rings. The van der Waals surface area contributed by atoms with Gasteiger partial charge < -0.3 is 10.1 Å². The van der Waals surface area contributed by atoms with Crippen molar-refractivity contribution in [2.24, 2.45) is 0 Å². The highest BCUT2D eigenvalue weighted by molar-refractivity contribution is 7.15. The van der Waals surface area contributed by atoms with Gasteiger partial charge in [-0.15, -0.1) is 10.2 Å². The molecule has 1 saturated heterocycles. The van der Waals surface area contributed by atoms with Crippen LogP contribution < -0.4 is 5.32 Å². The van der Waals surface area contributed by atoms with E-state index in [9.17, 15) is 0 Å². The summed E-state index contributed by atoms with van der Waals surface area (Å²) in [5.41, 5.74) is 1.27. The zero-order chi connectivity index (χ0) is 12.2. The van der Waals surface area contributed by atoms with Gasteiger partial charge in [0.25, 0.3) is 0 Å². The highest BCUT2D eigenvalue weighted by Crippen LogP contribution is 2.20. The Kier molecular flexibility index (Phi) is 3.52. The molecule has 94 valence electrons. The Morgan fingerprint density at radius 2 is 2.17 bits per heavy atom. The number of benzene rings is 1. The number of hydrogen-bond acceptors (Lipinski definition) is 5. The molecule has 0 amide bonds. The van der Waals surface area contributed by atoms with Crippen molar-refractivity contribution >= 4 is 16.5 Å². The van der Waals surface area contributed by atoms with Crippen molar-refractivity contribution in [3.63, 3.8) is 0 Å². The normalized spacial score (nSPS) is 19.0. The quantitative estimate of drug-likeness (QED) is 0.917. The molecule has 1 fully saturated rings. The lowest BCUT2D eigenvalue weighted by molar-refractivity contribution is 0.195. The third-order valence-corrected chi connectivity index (χ3v) is 3.78. The van der Waals surface area contributed by atoms with E-state index < -0.39 is 0 Å². The molecule has 2 aromatic rings. The molecule has 1 aromatic heterocycles. The zero-order valence-corrected chi connectivity index (χ0v) is 10.8. The van der Waals surface area contributed by atoms with E-state index in [1.165, 1.54) is 5.56 Å². The molecule has 2 heterocycles. The minimum Gasteiger partial charge on any atom is -0.379 e. The molecule has 4 nitrogen and oxygen atoms in total. The topological polar surface area (TPSA) is 47.0 Å². The molecule has 3 rings (SSSR count). The average Bonchev–Trinajstić information content (AvgIpc) is 3.03. The molecule has 1 aliphatic heterocycles. The predicted molar refractivity (Wildman–Crippen MR) is 72.0 cm³/mol. The van der Waals surface area contributed by atoms with Crippen LogP contribution in [0.2, 0.25) is 0 Å². The van der Waals surface area contributed by atoms with Gasteiger partial charge in [-0.1, -0.05) is 41.7 Å². The lowest BCUT2D eigenvalue weighted by atomic mass is 10.2. The molecule has 1 N–H and O–H groups in total. The van der Waals surface area contributed by atoms with Gasteiger partial charge in [-0.2, -0.15) is 0 Å². The molecule has 1 unspecified atom stereocenters. The SMILES string of the molecule is c1ccc(Cc2nnc(NC3CCOC3)s2)cc1. The van der Waals surface area contributed by atoms with Gasteiger partial charge in [0.1, 0.15) is 5.01 Å². The van der Waals surface area contributed by atoms with Crippen LogP contribution in [0.5, 0.6) is 0 Å². The molecule has 5 heteroatoms. The molecular weight excluding hydrogens is 246 g/mol. The molecule has 0 aliphatic carbocycles. The second-order valence-corrected chi connectivity index (χ2v) is 5.43. The summed E-state index contributed by atoms with van der Waals surface area (Å²) in [5, 5.41) is 13.7. The fraction of sp³-hybridized carbons (Fsp3) is 0.385. The molecule has 0 saturated carbocycles. The fourth-order valence-electron chi connectivity index (χ4n) is 1.98. The summed E-state index contributed by atoms with van der Waals surface area (Å²) in [7, 11) is 0. The van der Waals surface area contributed by atoms with Gasteiger partial charge in [0.2, 0.25) is 5.13 Å². The third kappa shape index (κ3) is 2.86. The Bertz CT molecular complexity index is 494. The van der Waals surface area contributed by atoms with Crippen LogP contribution in [0.15, 0.2) is 30.3 Å². The van der Waals surface area contributed by atoms with Gasteiger partial charge >= 0.3 is 0 Å². The zero-order valence-electron chi connectivity index (χ0n) is 10.0. The van der Waals surface area contributed by atoms with Crippen LogP contribution in [-0.4, -0.2) is 29.5 Å². The lowest BCUT2D eigenvalue weighted by Crippen LogP contribution is -2.18. The molecular formula is C13H15N3OS. The second-order valence-electron chi connectivity index (χ2n) is 4.37. The van der Waals surface area contributed by atoms with Crippen molar-refractivity contribution in [3.8, 4) is 0 Å². The predicted octanol–water partition coefficient (Wildman–Crippen LogP) is 2.33. The summed E-state index contributed by atoms with van der Waals surface area (Å²) in [6, 6.07) is 10.7. The maximum Gasteiger partial charge on any atom is 0.205 e. The number of hydrogen-bond donors (Lipinski definition) is 1. The highest BCUT2D eigenvalue weighted by Gasteiger charge is 2.16. The van der Waals surface area contributed by atoms with E-state index in [1.54, 1.807) is 11.3 Å². The monoisotopic (exact) mass is 261 g/mol. The summed E-state index contributed by atoms with van der Waals surface area (Å²) in [4.78, 5) is 0. The number of nitrogens with zero attached hydrogens (tertiary/aromatic N) is 2. The van der Waals surface area contributed by atoms with Crippen LogP contribution >= 0.6 is 11.3 Å². The average molecular weight is 261 g/mol. The van der Waals surface area contributed by atoms with Gasteiger partial charge in [-0.3, -0.25) is 0 Å². The van der Waals surface area contributed by atoms with Crippen molar-refractivity contribution in [3.05, 3.63) is 40.9 Å².